The van der Waals surface area contributed by atoms with Crippen LogP contribution in [-0.2, 0) is 6.54 Å². The van der Waals surface area contributed by atoms with Crippen LogP contribution in [0.1, 0.15) is 5.56 Å². The Hall–Kier alpha value is -2.95. The Morgan fingerprint density at radius 2 is 1.76 bits per heavy atom. The van der Waals surface area contributed by atoms with Crippen molar-refractivity contribution in [2.24, 2.45) is 0 Å². The van der Waals surface area contributed by atoms with Crippen LogP contribution in [0, 0.1) is 10.1 Å². The van der Waals surface area contributed by atoms with Gasteiger partial charge in [-0.3, -0.25) is 10.1 Å². The van der Waals surface area contributed by atoms with E-state index in [4.69, 9.17) is 0 Å². The first-order valence-corrected chi connectivity index (χ1v) is 6.53. The predicted molar refractivity (Wildman–Crippen MR) is 79.9 cm³/mol. The number of aromatic nitrogens is 2. The normalized spacial score (nSPS) is 10.5. The molecule has 104 valence electrons. The van der Waals surface area contributed by atoms with Crippen LogP contribution in [0.15, 0.2) is 67.1 Å². The summed E-state index contributed by atoms with van der Waals surface area (Å²) in [6.45, 7) is 0.627. The van der Waals surface area contributed by atoms with Crippen LogP contribution in [0.4, 0.5) is 5.69 Å². The van der Waals surface area contributed by atoms with Gasteiger partial charge in [-0.2, -0.15) is 0 Å². The van der Waals surface area contributed by atoms with Gasteiger partial charge in [-0.15, -0.1) is 0 Å². The van der Waals surface area contributed by atoms with E-state index in [1.807, 2.05) is 41.1 Å². The molecular weight excluding hydrogens is 266 g/mol. The molecule has 0 N–H and O–H groups in total. The number of nitro benzene ring substituents is 1. The number of imidazole rings is 1. The van der Waals surface area contributed by atoms with Crippen LogP contribution in [0.5, 0.6) is 0 Å². The molecule has 0 saturated heterocycles. The number of hydrogen-bond donors (Lipinski definition) is 0. The van der Waals surface area contributed by atoms with E-state index in [1.165, 1.54) is 12.1 Å². The zero-order valence-electron chi connectivity index (χ0n) is 11.2. The van der Waals surface area contributed by atoms with E-state index < -0.39 is 4.92 Å². The first-order valence-electron chi connectivity index (χ1n) is 6.53. The van der Waals surface area contributed by atoms with Gasteiger partial charge in [0, 0.05) is 18.7 Å². The molecule has 5 heteroatoms. The summed E-state index contributed by atoms with van der Waals surface area (Å²) in [6, 6.07) is 16.6. The summed E-state index contributed by atoms with van der Waals surface area (Å²) in [5.74, 6) is 0. The zero-order chi connectivity index (χ0) is 14.7. The third-order valence-electron chi connectivity index (χ3n) is 3.28. The number of hydrogen-bond acceptors (Lipinski definition) is 3. The highest BCUT2D eigenvalue weighted by Crippen LogP contribution is 2.20. The van der Waals surface area contributed by atoms with E-state index in [0.717, 1.165) is 16.8 Å². The summed E-state index contributed by atoms with van der Waals surface area (Å²) in [5.41, 5.74) is 3.22. The van der Waals surface area contributed by atoms with Crippen LogP contribution in [0.2, 0.25) is 0 Å². The molecular formula is C16H13N3O2. The van der Waals surface area contributed by atoms with E-state index in [2.05, 4.69) is 4.98 Å². The zero-order valence-corrected chi connectivity index (χ0v) is 11.2. The van der Waals surface area contributed by atoms with Crippen molar-refractivity contribution < 1.29 is 4.92 Å². The van der Waals surface area contributed by atoms with Gasteiger partial charge in [0.05, 0.1) is 23.1 Å². The Morgan fingerprint density at radius 1 is 1.05 bits per heavy atom. The average molecular weight is 279 g/mol. The van der Waals surface area contributed by atoms with Gasteiger partial charge in [-0.25, -0.2) is 4.98 Å². The fraction of sp³-hybridized carbons (Fsp3) is 0.0625. The number of benzene rings is 2. The van der Waals surface area contributed by atoms with Gasteiger partial charge in [-0.1, -0.05) is 42.5 Å². The fourth-order valence-electron chi connectivity index (χ4n) is 2.22. The Kier molecular flexibility index (Phi) is 3.47. The van der Waals surface area contributed by atoms with E-state index >= 15 is 0 Å². The maximum absolute atomic E-state index is 10.7. The second-order valence-corrected chi connectivity index (χ2v) is 4.70. The Morgan fingerprint density at radius 3 is 2.43 bits per heavy atom. The number of nitro groups is 1. The molecule has 21 heavy (non-hydrogen) atoms. The molecule has 0 atom stereocenters. The Balaban J connectivity index is 1.86. The predicted octanol–water partition coefficient (Wildman–Crippen LogP) is 3.51. The van der Waals surface area contributed by atoms with E-state index in [1.54, 1.807) is 18.5 Å². The second kappa shape index (κ2) is 5.58. The molecule has 1 aromatic heterocycles. The van der Waals surface area contributed by atoms with Gasteiger partial charge >= 0.3 is 0 Å². The minimum Gasteiger partial charge on any atom is -0.326 e. The second-order valence-electron chi connectivity index (χ2n) is 4.70. The molecule has 0 aliphatic carbocycles. The lowest BCUT2D eigenvalue weighted by Gasteiger charge is -2.08. The van der Waals surface area contributed by atoms with Crippen LogP contribution >= 0.6 is 0 Å². The molecule has 0 radical (unpaired) electrons. The van der Waals surface area contributed by atoms with Crippen molar-refractivity contribution in [1.29, 1.82) is 0 Å². The summed E-state index contributed by atoms with van der Waals surface area (Å²) in [6.07, 6.45) is 3.59. The van der Waals surface area contributed by atoms with Crippen molar-refractivity contribution in [3.05, 3.63) is 82.8 Å². The van der Waals surface area contributed by atoms with Crippen molar-refractivity contribution in [1.82, 2.24) is 9.55 Å². The van der Waals surface area contributed by atoms with Gasteiger partial charge < -0.3 is 4.57 Å². The van der Waals surface area contributed by atoms with Gasteiger partial charge in [-0.05, 0) is 11.1 Å². The maximum atomic E-state index is 10.7. The molecule has 0 unspecified atom stereocenters. The van der Waals surface area contributed by atoms with Crippen molar-refractivity contribution >= 4 is 5.69 Å². The lowest BCUT2D eigenvalue weighted by atomic mass is 10.1. The maximum Gasteiger partial charge on any atom is 0.269 e. The molecule has 3 aromatic rings. The Labute approximate surface area is 121 Å². The molecule has 1 heterocycles. The number of non-ortho nitro benzene ring substituents is 1. The van der Waals surface area contributed by atoms with Crippen molar-refractivity contribution in [2.45, 2.75) is 6.54 Å². The number of nitrogens with zero attached hydrogens (tertiary/aromatic N) is 3. The van der Waals surface area contributed by atoms with Crippen LogP contribution in [0.3, 0.4) is 0 Å². The molecule has 0 aliphatic rings. The molecule has 3 rings (SSSR count). The van der Waals surface area contributed by atoms with E-state index in [0.29, 0.717) is 6.54 Å². The first kappa shape index (κ1) is 13.1. The van der Waals surface area contributed by atoms with Crippen molar-refractivity contribution in [3.8, 4) is 11.3 Å². The quantitative estimate of drug-likeness (QED) is 0.542. The molecule has 0 fully saturated rings. The SMILES string of the molecule is O=[N+]([O-])c1ccc(Cn2cncc2-c2ccccc2)cc1. The van der Waals surface area contributed by atoms with Gasteiger partial charge in [0.2, 0.25) is 0 Å². The summed E-state index contributed by atoms with van der Waals surface area (Å²) in [4.78, 5) is 14.5. The minimum absolute atomic E-state index is 0.104. The van der Waals surface area contributed by atoms with Gasteiger partial charge in [0.25, 0.3) is 5.69 Å². The summed E-state index contributed by atoms with van der Waals surface area (Å²) >= 11 is 0. The van der Waals surface area contributed by atoms with Crippen LogP contribution in [-0.4, -0.2) is 14.5 Å². The standard InChI is InChI=1S/C16H13N3O2/c20-19(21)15-8-6-13(7-9-15)11-18-12-17-10-16(18)14-4-2-1-3-5-14/h1-10,12H,11H2. The third-order valence-corrected chi connectivity index (χ3v) is 3.28. The fourth-order valence-corrected chi connectivity index (χ4v) is 2.22. The highest BCUT2D eigenvalue weighted by atomic mass is 16.6. The highest BCUT2D eigenvalue weighted by molar-refractivity contribution is 5.58. The molecule has 5 nitrogen and oxygen atoms in total. The molecule has 2 aromatic carbocycles. The summed E-state index contributed by atoms with van der Waals surface area (Å²) in [7, 11) is 0. The molecule has 0 bridgehead atoms. The lowest BCUT2D eigenvalue weighted by molar-refractivity contribution is -0.384. The topological polar surface area (TPSA) is 61.0 Å². The highest BCUT2D eigenvalue weighted by Gasteiger charge is 2.07. The molecule has 0 saturated carbocycles. The molecule has 0 spiro atoms. The summed E-state index contributed by atoms with van der Waals surface area (Å²) < 4.78 is 2.02. The molecule has 0 amide bonds. The summed E-state index contributed by atoms with van der Waals surface area (Å²) in [5, 5.41) is 10.7. The Bertz CT molecular complexity index is 749. The van der Waals surface area contributed by atoms with Crippen LogP contribution < -0.4 is 0 Å². The smallest absolute Gasteiger partial charge is 0.269 e. The average Bonchev–Trinajstić information content (AvgIpc) is 2.97. The van der Waals surface area contributed by atoms with Crippen molar-refractivity contribution in [3.63, 3.8) is 0 Å². The first-order chi connectivity index (χ1) is 10.2. The monoisotopic (exact) mass is 279 g/mol. The van der Waals surface area contributed by atoms with E-state index in [9.17, 15) is 10.1 Å². The van der Waals surface area contributed by atoms with Crippen molar-refractivity contribution in [2.75, 3.05) is 0 Å². The van der Waals surface area contributed by atoms with Crippen LogP contribution in [0.25, 0.3) is 11.3 Å². The molecule has 0 aliphatic heterocycles. The third kappa shape index (κ3) is 2.81. The lowest BCUT2D eigenvalue weighted by Crippen LogP contribution is -2.00. The van der Waals surface area contributed by atoms with E-state index in [-0.39, 0.29) is 5.69 Å². The minimum atomic E-state index is -0.392. The van der Waals surface area contributed by atoms with Gasteiger partial charge in [0.15, 0.2) is 0 Å². The van der Waals surface area contributed by atoms with Gasteiger partial charge in [0.1, 0.15) is 0 Å². The number of rotatable bonds is 4. The largest absolute Gasteiger partial charge is 0.326 e.